The van der Waals surface area contributed by atoms with Crippen molar-refractivity contribution in [3.63, 3.8) is 0 Å². The third kappa shape index (κ3) is 2.85. The lowest BCUT2D eigenvalue weighted by Crippen LogP contribution is -2.32. The van der Waals surface area contributed by atoms with Gasteiger partial charge in [-0.1, -0.05) is 0 Å². The van der Waals surface area contributed by atoms with Crippen LogP contribution in [0.5, 0.6) is 12.0 Å². The Hall–Kier alpha value is -1.30. The van der Waals surface area contributed by atoms with Crippen molar-refractivity contribution in [3.8, 4) is 12.0 Å². The zero-order valence-corrected chi connectivity index (χ0v) is 10.5. The van der Waals surface area contributed by atoms with Crippen molar-refractivity contribution in [1.29, 1.82) is 0 Å². The third-order valence-electron chi connectivity index (χ3n) is 2.15. The molecule has 7 heteroatoms. The summed E-state index contributed by atoms with van der Waals surface area (Å²) in [5, 5.41) is 0. The van der Waals surface area contributed by atoms with Crippen molar-refractivity contribution in [2.75, 3.05) is 32.0 Å². The number of rotatable bonds is 5. The standard InChI is InChI=1S/C9H15ClN4O2/c1-6(5-10)14(2)7-11-8(15-3)13-9(12-7)16-4/h6H,5H2,1-4H3. The summed E-state index contributed by atoms with van der Waals surface area (Å²) in [5.74, 6) is 0.948. The molecule has 0 N–H and O–H groups in total. The summed E-state index contributed by atoms with van der Waals surface area (Å²) in [6.07, 6.45) is 0. The third-order valence-corrected chi connectivity index (χ3v) is 2.59. The van der Waals surface area contributed by atoms with Crippen LogP contribution in [0.4, 0.5) is 5.95 Å². The molecule has 0 saturated carbocycles. The van der Waals surface area contributed by atoms with Gasteiger partial charge in [0.05, 0.1) is 14.2 Å². The SMILES string of the molecule is COc1nc(OC)nc(N(C)C(C)CCl)n1. The monoisotopic (exact) mass is 246 g/mol. The molecule has 0 aliphatic heterocycles. The van der Waals surface area contributed by atoms with Crippen molar-refractivity contribution in [1.82, 2.24) is 15.0 Å². The van der Waals surface area contributed by atoms with E-state index >= 15 is 0 Å². The summed E-state index contributed by atoms with van der Waals surface area (Å²) in [6.45, 7) is 1.97. The van der Waals surface area contributed by atoms with E-state index in [2.05, 4.69) is 15.0 Å². The molecule has 90 valence electrons. The van der Waals surface area contributed by atoms with Gasteiger partial charge in [0.15, 0.2) is 0 Å². The summed E-state index contributed by atoms with van der Waals surface area (Å²) >= 11 is 5.77. The van der Waals surface area contributed by atoms with E-state index in [1.807, 2.05) is 18.9 Å². The number of methoxy groups -OCH3 is 2. The zero-order valence-electron chi connectivity index (χ0n) is 9.77. The number of halogens is 1. The van der Waals surface area contributed by atoms with E-state index in [-0.39, 0.29) is 18.1 Å². The van der Waals surface area contributed by atoms with Crippen LogP contribution in [-0.2, 0) is 0 Å². The maximum Gasteiger partial charge on any atom is 0.324 e. The highest BCUT2D eigenvalue weighted by Gasteiger charge is 2.15. The molecule has 0 spiro atoms. The van der Waals surface area contributed by atoms with Gasteiger partial charge in [0, 0.05) is 19.0 Å². The number of hydrogen-bond donors (Lipinski definition) is 0. The molecule has 1 heterocycles. The molecular formula is C9H15ClN4O2. The molecule has 0 fully saturated rings. The Kier molecular flexibility index (Phi) is 4.54. The summed E-state index contributed by atoms with van der Waals surface area (Å²) in [7, 11) is 4.83. The Labute approximate surface area is 99.6 Å². The van der Waals surface area contributed by atoms with E-state index in [1.165, 1.54) is 14.2 Å². The lowest BCUT2D eigenvalue weighted by molar-refractivity contribution is 0.339. The quantitative estimate of drug-likeness (QED) is 0.721. The second-order valence-corrected chi connectivity index (χ2v) is 3.53. The molecule has 0 radical (unpaired) electrons. The van der Waals surface area contributed by atoms with E-state index in [4.69, 9.17) is 21.1 Å². The Morgan fingerprint density at radius 2 is 1.69 bits per heavy atom. The number of nitrogens with zero attached hydrogens (tertiary/aromatic N) is 4. The Morgan fingerprint density at radius 1 is 1.19 bits per heavy atom. The highest BCUT2D eigenvalue weighted by molar-refractivity contribution is 6.18. The average Bonchev–Trinajstić information content (AvgIpc) is 2.35. The van der Waals surface area contributed by atoms with Crippen molar-refractivity contribution in [2.45, 2.75) is 13.0 Å². The molecule has 6 nitrogen and oxygen atoms in total. The highest BCUT2D eigenvalue weighted by atomic mass is 35.5. The predicted octanol–water partition coefficient (Wildman–Crippen LogP) is 0.952. The van der Waals surface area contributed by atoms with Crippen LogP contribution in [0.15, 0.2) is 0 Å². The van der Waals surface area contributed by atoms with Crippen LogP contribution in [0.2, 0.25) is 0 Å². The first kappa shape index (κ1) is 12.8. The second kappa shape index (κ2) is 5.69. The number of alkyl halides is 1. The molecule has 1 rings (SSSR count). The summed E-state index contributed by atoms with van der Waals surface area (Å²) in [4.78, 5) is 14.0. The van der Waals surface area contributed by atoms with Crippen LogP contribution in [0, 0.1) is 0 Å². The molecule has 0 bridgehead atoms. The summed E-state index contributed by atoms with van der Waals surface area (Å²) in [6, 6.07) is 0.546. The predicted molar refractivity (Wildman–Crippen MR) is 61.5 cm³/mol. The minimum absolute atomic E-state index is 0.110. The fourth-order valence-corrected chi connectivity index (χ4v) is 1.18. The first-order valence-electron chi connectivity index (χ1n) is 4.75. The minimum Gasteiger partial charge on any atom is -0.467 e. The van der Waals surface area contributed by atoms with Gasteiger partial charge >= 0.3 is 12.0 Å². The van der Waals surface area contributed by atoms with Crippen molar-refractivity contribution in [3.05, 3.63) is 0 Å². The largest absolute Gasteiger partial charge is 0.467 e. The first-order valence-corrected chi connectivity index (χ1v) is 5.28. The molecule has 0 aliphatic rings. The molecule has 1 atom stereocenters. The van der Waals surface area contributed by atoms with Gasteiger partial charge in [-0.2, -0.15) is 9.97 Å². The summed E-state index contributed by atoms with van der Waals surface area (Å²) < 4.78 is 9.92. The topological polar surface area (TPSA) is 60.4 Å². The van der Waals surface area contributed by atoms with E-state index in [0.717, 1.165) is 0 Å². The molecule has 1 aromatic heterocycles. The van der Waals surface area contributed by atoms with E-state index in [9.17, 15) is 0 Å². The molecule has 0 aromatic carbocycles. The van der Waals surface area contributed by atoms with Crippen LogP contribution in [0.25, 0.3) is 0 Å². The lowest BCUT2D eigenvalue weighted by Gasteiger charge is -2.22. The van der Waals surface area contributed by atoms with Crippen LogP contribution in [0.3, 0.4) is 0 Å². The lowest BCUT2D eigenvalue weighted by atomic mass is 10.3. The van der Waals surface area contributed by atoms with Crippen molar-refractivity contribution in [2.24, 2.45) is 0 Å². The first-order chi connectivity index (χ1) is 7.62. The van der Waals surface area contributed by atoms with Gasteiger partial charge < -0.3 is 14.4 Å². The second-order valence-electron chi connectivity index (χ2n) is 3.22. The van der Waals surface area contributed by atoms with Crippen LogP contribution < -0.4 is 14.4 Å². The van der Waals surface area contributed by atoms with Gasteiger partial charge in [-0.3, -0.25) is 0 Å². The van der Waals surface area contributed by atoms with Gasteiger partial charge in [0.1, 0.15) is 0 Å². The molecule has 1 unspecified atom stereocenters. The number of aromatic nitrogens is 3. The number of ether oxygens (including phenoxy) is 2. The van der Waals surface area contributed by atoms with Crippen LogP contribution >= 0.6 is 11.6 Å². The minimum atomic E-state index is 0.110. The number of anilines is 1. The Morgan fingerprint density at radius 3 is 2.06 bits per heavy atom. The van der Waals surface area contributed by atoms with Gasteiger partial charge in [0.2, 0.25) is 5.95 Å². The van der Waals surface area contributed by atoms with Gasteiger partial charge in [0.25, 0.3) is 0 Å². The number of hydrogen-bond acceptors (Lipinski definition) is 6. The highest BCUT2D eigenvalue weighted by Crippen LogP contribution is 2.16. The van der Waals surface area contributed by atoms with Crippen LogP contribution in [-0.4, -0.2) is 48.1 Å². The zero-order chi connectivity index (χ0) is 12.1. The molecule has 0 amide bonds. The average molecular weight is 247 g/mol. The van der Waals surface area contributed by atoms with Gasteiger partial charge in [-0.25, -0.2) is 0 Å². The maximum atomic E-state index is 5.77. The van der Waals surface area contributed by atoms with Crippen molar-refractivity contribution >= 4 is 17.5 Å². The van der Waals surface area contributed by atoms with Gasteiger partial charge in [-0.15, -0.1) is 16.6 Å². The van der Waals surface area contributed by atoms with Crippen molar-refractivity contribution < 1.29 is 9.47 Å². The normalized spacial score (nSPS) is 12.1. The molecule has 16 heavy (non-hydrogen) atoms. The van der Waals surface area contributed by atoms with E-state index in [0.29, 0.717) is 11.8 Å². The smallest absolute Gasteiger partial charge is 0.324 e. The Bertz CT molecular complexity index is 328. The summed E-state index contributed by atoms with van der Waals surface area (Å²) in [5.41, 5.74) is 0. The van der Waals surface area contributed by atoms with E-state index < -0.39 is 0 Å². The molecular weight excluding hydrogens is 232 g/mol. The fraction of sp³-hybridized carbons (Fsp3) is 0.667. The Balaban J connectivity index is 3.02. The molecule has 0 aliphatic carbocycles. The van der Waals surface area contributed by atoms with Crippen LogP contribution in [0.1, 0.15) is 6.92 Å². The van der Waals surface area contributed by atoms with Gasteiger partial charge in [-0.05, 0) is 6.92 Å². The molecule has 1 aromatic rings. The maximum absolute atomic E-state index is 5.77. The van der Waals surface area contributed by atoms with E-state index in [1.54, 1.807) is 0 Å². The fourth-order valence-electron chi connectivity index (χ4n) is 0.969. The molecule has 0 saturated heterocycles.